The van der Waals surface area contributed by atoms with Gasteiger partial charge < -0.3 is 10.8 Å². The molecule has 1 rings (SSSR count). The molecule has 0 aliphatic rings. The Bertz CT molecular complexity index is 466. The van der Waals surface area contributed by atoms with E-state index in [2.05, 4.69) is 15.9 Å². The van der Waals surface area contributed by atoms with Gasteiger partial charge in [-0.3, -0.25) is 4.79 Å². The third-order valence-corrected chi connectivity index (χ3v) is 2.98. The zero-order valence-corrected chi connectivity index (χ0v) is 10.4. The Kier molecular flexibility index (Phi) is 4.69. The van der Waals surface area contributed by atoms with Crippen LogP contribution in [0.1, 0.15) is 24.4 Å². The van der Waals surface area contributed by atoms with Gasteiger partial charge in [-0.2, -0.15) is 0 Å². The molecule has 0 aliphatic carbocycles. The van der Waals surface area contributed by atoms with Gasteiger partial charge in [0.05, 0.1) is 4.47 Å². The predicted octanol–water partition coefficient (Wildman–Crippen LogP) is 2.87. The second kappa shape index (κ2) is 5.66. The molecule has 18 heavy (non-hydrogen) atoms. The molecule has 8 heteroatoms. The van der Waals surface area contributed by atoms with E-state index in [1.54, 1.807) is 0 Å². The zero-order valence-electron chi connectivity index (χ0n) is 8.81. The summed E-state index contributed by atoms with van der Waals surface area (Å²) in [5, 5.41) is 8.40. The van der Waals surface area contributed by atoms with E-state index >= 15 is 0 Å². The molecule has 0 saturated heterocycles. The van der Waals surface area contributed by atoms with E-state index in [-0.39, 0.29) is 6.42 Å². The molecule has 0 aliphatic heterocycles. The van der Waals surface area contributed by atoms with E-state index in [0.29, 0.717) is 0 Å². The number of halogens is 5. The summed E-state index contributed by atoms with van der Waals surface area (Å²) in [6, 6.07) is -1.45. The monoisotopic (exact) mass is 329 g/mol. The van der Waals surface area contributed by atoms with Crippen molar-refractivity contribution in [3.63, 3.8) is 0 Å². The molecular weight excluding hydrogens is 322 g/mol. The first-order chi connectivity index (χ1) is 8.27. The van der Waals surface area contributed by atoms with Crippen LogP contribution in [0.15, 0.2) is 4.47 Å². The average molecular weight is 330 g/mol. The van der Waals surface area contributed by atoms with Crippen molar-refractivity contribution in [1.82, 2.24) is 0 Å². The Labute approximate surface area is 108 Å². The Morgan fingerprint density at radius 3 is 2.00 bits per heavy atom. The van der Waals surface area contributed by atoms with Crippen LogP contribution in [0.25, 0.3) is 0 Å². The summed E-state index contributed by atoms with van der Waals surface area (Å²) < 4.78 is 52.3. The molecule has 1 aromatic carbocycles. The smallest absolute Gasteiger partial charge is 0.303 e. The number of benzene rings is 1. The van der Waals surface area contributed by atoms with Crippen LogP contribution >= 0.6 is 15.9 Å². The third kappa shape index (κ3) is 2.81. The van der Waals surface area contributed by atoms with Gasteiger partial charge in [-0.25, -0.2) is 17.6 Å². The first kappa shape index (κ1) is 14.9. The lowest BCUT2D eigenvalue weighted by molar-refractivity contribution is -0.137. The number of nitrogens with two attached hydrogens (primary N) is 1. The summed E-state index contributed by atoms with van der Waals surface area (Å²) in [6.45, 7) is 0. The van der Waals surface area contributed by atoms with Gasteiger partial charge in [0, 0.05) is 18.0 Å². The molecule has 0 amide bonds. The van der Waals surface area contributed by atoms with Crippen molar-refractivity contribution in [3.8, 4) is 0 Å². The average Bonchev–Trinajstić information content (AvgIpc) is 2.31. The van der Waals surface area contributed by atoms with Crippen LogP contribution in [0.5, 0.6) is 0 Å². The normalized spacial score (nSPS) is 12.6. The first-order valence-electron chi connectivity index (χ1n) is 4.76. The molecule has 1 unspecified atom stereocenters. The van der Waals surface area contributed by atoms with Gasteiger partial charge in [0.25, 0.3) is 0 Å². The van der Waals surface area contributed by atoms with E-state index in [0.717, 1.165) is 0 Å². The van der Waals surface area contributed by atoms with E-state index in [4.69, 9.17) is 10.8 Å². The van der Waals surface area contributed by atoms with Crippen LogP contribution in [0.4, 0.5) is 17.6 Å². The summed E-state index contributed by atoms with van der Waals surface area (Å²) in [6.07, 6.45) is -0.816. The highest BCUT2D eigenvalue weighted by Crippen LogP contribution is 2.32. The molecule has 1 atom stereocenters. The van der Waals surface area contributed by atoms with E-state index < -0.39 is 51.7 Å². The van der Waals surface area contributed by atoms with Crippen molar-refractivity contribution in [2.45, 2.75) is 18.9 Å². The second-order valence-corrected chi connectivity index (χ2v) is 4.32. The van der Waals surface area contributed by atoms with Gasteiger partial charge in [-0.05, 0) is 22.4 Å². The Balaban J connectivity index is 3.20. The Hall–Kier alpha value is -1.15. The van der Waals surface area contributed by atoms with Crippen molar-refractivity contribution in [2.24, 2.45) is 5.73 Å². The summed E-state index contributed by atoms with van der Waals surface area (Å²) in [5.41, 5.74) is 4.35. The lowest BCUT2D eigenvalue weighted by Gasteiger charge is -2.14. The number of carbonyl (C=O) groups is 1. The topological polar surface area (TPSA) is 63.3 Å². The van der Waals surface area contributed by atoms with Crippen LogP contribution < -0.4 is 5.73 Å². The zero-order chi connectivity index (χ0) is 14.0. The van der Waals surface area contributed by atoms with Crippen molar-refractivity contribution in [2.75, 3.05) is 0 Å². The highest BCUT2D eigenvalue weighted by atomic mass is 79.9. The van der Waals surface area contributed by atoms with Gasteiger partial charge in [0.1, 0.15) is 0 Å². The Morgan fingerprint density at radius 2 is 1.61 bits per heavy atom. The lowest BCUT2D eigenvalue weighted by Crippen LogP contribution is -2.18. The van der Waals surface area contributed by atoms with Crippen molar-refractivity contribution >= 4 is 21.9 Å². The van der Waals surface area contributed by atoms with Crippen LogP contribution in [-0.4, -0.2) is 11.1 Å². The number of hydrogen-bond donors (Lipinski definition) is 2. The number of rotatable bonds is 4. The molecule has 3 nitrogen and oxygen atoms in total. The molecule has 0 aromatic heterocycles. The van der Waals surface area contributed by atoms with Crippen molar-refractivity contribution < 1.29 is 27.5 Å². The molecule has 0 fully saturated rings. The van der Waals surface area contributed by atoms with Crippen LogP contribution in [0.3, 0.4) is 0 Å². The standard InChI is InChI=1S/C10H8BrF4NO2/c11-6-9(14)7(12)5(8(13)10(6)15)3(16)1-2-4(17)18/h3H,1-2,16H2,(H,17,18). The first-order valence-corrected chi connectivity index (χ1v) is 5.55. The molecule has 0 bridgehead atoms. The largest absolute Gasteiger partial charge is 0.481 e. The van der Waals surface area contributed by atoms with Gasteiger partial charge >= 0.3 is 5.97 Å². The Morgan fingerprint density at radius 1 is 1.17 bits per heavy atom. The van der Waals surface area contributed by atoms with Crippen molar-refractivity contribution in [3.05, 3.63) is 33.3 Å². The van der Waals surface area contributed by atoms with E-state index in [1.165, 1.54) is 0 Å². The molecule has 100 valence electrons. The van der Waals surface area contributed by atoms with Crippen molar-refractivity contribution in [1.29, 1.82) is 0 Å². The van der Waals surface area contributed by atoms with Crippen LogP contribution in [0, 0.1) is 23.3 Å². The fraction of sp³-hybridized carbons (Fsp3) is 0.300. The number of aliphatic carboxylic acids is 1. The molecule has 0 spiro atoms. The third-order valence-electron chi connectivity index (χ3n) is 2.28. The molecule has 0 heterocycles. The van der Waals surface area contributed by atoms with Crippen LogP contribution in [-0.2, 0) is 4.79 Å². The predicted molar refractivity (Wildman–Crippen MR) is 57.8 cm³/mol. The number of carboxylic acids is 1. The fourth-order valence-electron chi connectivity index (χ4n) is 1.37. The van der Waals surface area contributed by atoms with Gasteiger partial charge in [0.15, 0.2) is 23.3 Å². The van der Waals surface area contributed by atoms with E-state index in [9.17, 15) is 22.4 Å². The number of carboxylic acid groups (broad SMARTS) is 1. The fourth-order valence-corrected chi connectivity index (χ4v) is 1.72. The maximum absolute atomic E-state index is 13.4. The molecule has 1 aromatic rings. The summed E-state index contributed by atoms with van der Waals surface area (Å²) in [4.78, 5) is 10.3. The minimum atomic E-state index is -1.63. The highest BCUT2D eigenvalue weighted by Gasteiger charge is 2.27. The molecule has 0 radical (unpaired) electrons. The van der Waals surface area contributed by atoms with Gasteiger partial charge in [-0.15, -0.1) is 0 Å². The molecule has 3 N–H and O–H groups in total. The maximum Gasteiger partial charge on any atom is 0.303 e. The summed E-state index contributed by atoms with van der Waals surface area (Å²) >= 11 is 2.36. The molecule has 0 saturated carbocycles. The van der Waals surface area contributed by atoms with Crippen LogP contribution in [0.2, 0.25) is 0 Å². The highest BCUT2D eigenvalue weighted by molar-refractivity contribution is 9.10. The minimum Gasteiger partial charge on any atom is -0.481 e. The molecular formula is C10H8BrF4NO2. The summed E-state index contributed by atoms with van der Waals surface area (Å²) in [5.74, 6) is -7.69. The second-order valence-electron chi connectivity index (χ2n) is 3.52. The lowest BCUT2D eigenvalue weighted by atomic mass is 10.0. The number of hydrogen-bond acceptors (Lipinski definition) is 2. The van der Waals surface area contributed by atoms with Gasteiger partial charge in [0.2, 0.25) is 0 Å². The van der Waals surface area contributed by atoms with Gasteiger partial charge in [-0.1, -0.05) is 0 Å². The summed E-state index contributed by atoms with van der Waals surface area (Å²) in [7, 11) is 0. The SMILES string of the molecule is NC(CCC(=O)O)c1c(F)c(F)c(Br)c(F)c1F. The maximum atomic E-state index is 13.4. The minimum absolute atomic E-state index is 0.344. The van der Waals surface area contributed by atoms with E-state index in [1.807, 2.05) is 0 Å². The quantitative estimate of drug-likeness (QED) is 0.507.